The van der Waals surface area contributed by atoms with E-state index in [4.69, 9.17) is 44.3 Å². The van der Waals surface area contributed by atoms with Gasteiger partial charge in [-0.3, -0.25) is 9.69 Å². The quantitative estimate of drug-likeness (QED) is 0.535. The van der Waals surface area contributed by atoms with E-state index in [1.54, 1.807) is 32.1 Å². The van der Waals surface area contributed by atoms with Gasteiger partial charge in [0.1, 0.15) is 6.61 Å². The van der Waals surface area contributed by atoms with Crippen LogP contribution in [0.1, 0.15) is 25.8 Å². The number of nitrogens with zero attached hydrogens (tertiary/aromatic N) is 1. The van der Waals surface area contributed by atoms with Crippen molar-refractivity contribution in [1.82, 2.24) is 0 Å². The molecule has 1 unspecified atom stereocenters. The van der Waals surface area contributed by atoms with Crippen molar-refractivity contribution in [2.24, 2.45) is 0 Å². The van der Waals surface area contributed by atoms with Gasteiger partial charge in [-0.1, -0.05) is 65.2 Å². The minimum Gasteiger partial charge on any atom is -0.463 e. The highest BCUT2D eigenvalue weighted by Gasteiger charge is 2.33. The summed E-state index contributed by atoms with van der Waals surface area (Å²) in [5.74, 6) is -0.414. The van der Waals surface area contributed by atoms with E-state index in [0.29, 0.717) is 5.69 Å². The summed E-state index contributed by atoms with van der Waals surface area (Å²) >= 11 is 16.9. The Balaban J connectivity index is 2.22. The van der Waals surface area contributed by atoms with Crippen LogP contribution in [0.2, 0.25) is 0 Å². The highest BCUT2D eigenvalue weighted by Crippen LogP contribution is 2.32. The molecule has 1 aliphatic rings. The predicted molar refractivity (Wildman–Crippen MR) is 99.2 cm³/mol. The van der Waals surface area contributed by atoms with Crippen molar-refractivity contribution in [2.75, 3.05) is 11.5 Å². The summed E-state index contributed by atoms with van der Waals surface area (Å²) in [4.78, 5) is 26.0. The summed E-state index contributed by atoms with van der Waals surface area (Å²) < 4.78 is 8.55. The molecular formula is C17H18Cl3NO4. The van der Waals surface area contributed by atoms with Gasteiger partial charge in [0.15, 0.2) is 0 Å². The molecule has 1 heterocycles. The lowest BCUT2D eigenvalue weighted by molar-refractivity contribution is -0.147. The molecule has 0 aromatic heterocycles. The van der Waals surface area contributed by atoms with Crippen molar-refractivity contribution in [3.8, 4) is 0 Å². The minimum atomic E-state index is -1.72. The van der Waals surface area contributed by atoms with Gasteiger partial charge < -0.3 is 9.47 Å². The van der Waals surface area contributed by atoms with Gasteiger partial charge in [-0.15, -0.1) is 0 Å². The average Bonchev–Trinajstić information content (AvgIpc) is 2.51. The molecule has 0 aliphatic carbocycles. The Labute approximate surface area is 161 Å². The second-order valence-electron chi connectivity index (χ2n) is 5.77. The molecule has 25 heavy (non-hydrogen) atoms. The fourth-order valence-electron chi connectivity index (χ4n) is 2.42. The standard InChI is InChI=1S/C17H18Cl3NO4/c1-11(2)25-15(22)9-13-8-7-12-5-3-4-6-14(12)21(13)16(23)24-10-17(18,19)20/h3-8,11,13H,9-10H2,1-2H3. The predicted octanol–water partition coefficient (Wildman–Crippen LogP) is 4.74. The number of rotatable bonds is 4. The number of halogens is 3. The monoisotopic (exact) mass is 405 g/mol. The maximum atomic E-state index is 12.6. The molecule has 1 aromatic rings. The second kappa shape index (κ2) is 8.30. The normalized spacial score (nSPS) is 16.6. The van der Waals surface area contributed by atoms with Crippen LogP contribution in [0, 0.1) is 0 Å². The van der Waals surface area contributed by atoms with E-state index in [9.17, 15) is 9.59 Å². The van der Waals surface area contributed by atoms with Gasteiger partial charge in [0.2, 0.25) is 3.79 Å². The number of para-hydroxylation sites is 1. The number of benzene rings is 1. The van der Waals surface area contributed by atoms with E-state index < -0.39 is 28.5 Å². The Kier molecular flexibility index (Phi) is 6.60. The summed E-state index contributed by atoms with van der Waals surface area (Å²) in [6, 6.07) is 6.70. The van der Waals surface area contributed by atoms with E-state index in [1.807, 2.05) is 18.2 Å². The summed E-state index contributed by atoms with van der Waals surface area (Å²) in [6.07, 6.45) is 2.65. The molecule has 0 radical (unpaired) electrons. The van der Waals surface area contributed by atoms with Crippen molar-refractivity contribution >= 4 is 58.6 Å². The van der Waals surface area contributed by atoms with Gasteiger partial charge in [0.25, 0.3) is 0 Å². The third kappa shape index (κ3) is 5.80. The molecule has 136 valence electrons. The lowest BCUT2D eigenvalue weighted by atomic mass is 10.0. The van der Waals surface area contributed by atoms with Crippen molar-refractivity contribution in [3.63, 3.8) is 0 Å². The molecule has 1 atom stereocenters. The number of hydrogen-bond donors (Lipinski definition) is 0. The fourth-order valence-corrected chi connectivity index (χ4v) is 2.58. The number of carbonyl (C=O) groups is 2. The number of esters is 1. The third-order valence-corrected chi connectivity index (χ3v) is 3.65. The first kappa shape index (κ1) is 19.9. The van der Waals surface area contributed by atoms with Crippen LogP contribution in [0.3, 0.4) is 0 Å². The zero-order valence-electron chi connectivity index (χ0n) is 13.7. The second-order valence-corrected chi connectivity index (χ2v) is 8.28. The Morgan fingerprint density at radius 2 is 1.92 bits per heavy atom. The number of anilines is 1. The topological polar surface area (TPSA) is 55.8 Å². The van der Waals surface area contributed by atoms with Crippen molar-refractivity contribution in [1.29, 1.82) is 0 Å². The minimum absolute atomic E-state index is 0.00805. The summed E-state index contributed by atoms with van der Waals surface area (Å²) in [5.41, 5.74) is 1.43. The van der Waals surface area contributed by atoms with Gasteiger partial charge in [-0.05, 0) is 25.5 Å². The molecule has 5 nitrogen and oxygen atoms in total. The van der Waals surface area contributed by atoms with Gasteiger partial charge in [-0.25, -0.2) is 4.79 Å². The molecule has 0 fully saturated rings. The molecule has 1 aliphatic heterocycles. The first-order valence-electron chi connectivity index (χ1n) is 7.67. The van der Waals surface area contributed by atoms with Gasteiger partial charge in [0, 0.05) is 0 Å². The highest BCUT2D eigenvalue weighted by atomic mass is 35.6. The smallest absolute Gasteiger partial charge is 0.415 e. The van der Waals surface area contributed by atoms with E-state index in [2.05, 4.69) is 0 Å². The van der Waals surface area contributed by atoms with Crippen LogP contribution in [0.4, 0.5) is 10.5 Å². The van der Waals surface area contributed by atoms with E-state index in [-0.39, 0.29) is 12.5 Å². The Morgan fingerprint density at radius 3 is 2.56 bits per heavy atom. The number of fused-ring (bicyclic) bond motifs is 1. The van der Waals surface area contributed by atoms with E-state index in [0.717, 1.165) is 5.56 Å². The molecule has 0 bridgehead atoms. The molecule has 0 saturated heterocycles. The van der Waals surface area contributed by atoms with Crippen LogP contribution in [0.15, 0.2) is 30.3 Å². The number of amides is 1. The van der Waals surface area contributed by atoms with Crippen molar-refractivity contribution < 1.29 is 19.1 Å². The maximum absolute atomic E-state index is 12.6. The molecule has 8 heteroatoms. The van der Waals surface area contributed by atoms with E-state index >= 15 is 0 Å². The summed E-state index contributed by atoms with van der Waals surface area (Å²) in [7, 11) is 0. The molecule has 1 amide bonds. The van der Waals surface area contributed by atoms with Gasteiger partial charge in [-0.2, -0.15) is 0 Å². The zero-order chi connectivity index (χ0) is 18.6. The average molecular weight is 407 g/mol. The molecule has 0 N–H and O–H groups in total. The van der Waals surface area contributed by atoms with Crippen LogP contribution >= 0.6 is 34.8 Å². The number of ether oxygens (including phenoxy) is 2. The molecular weight excluding hydrogens is 389 g/mol. The Morgan fingerprint density at radius 1 is 1.24 bits per heavy atom. The van der Waals surface area contributed by atoms with E-state index in [1.165, 1.54) is 4.90 Å². The van der Waals surface area contributed by atoms with Crippen LogP contribution in [0.5, 0.6) is 0 Å². The molecule has 0 spiro atoms. The summed E-state index contributed by atoms with van der Waals surface area (Å²) in [6.45, 7) is 3.12. The number of alkyl halides is 3. The SMILES string of the molecule is CC(C)OC(=O)CC1C=Cc2ccccc2N1C(=O)OCC(Cl)(Cl)Cl. The van der Waals surface area contributed by atoms with Crippen LogP contribution in [-0.2, 0) is 14.3 Å². The molecule has 0 saturated carbocycles. The third-order valence-electron chi connectivity index (χ3n) is 3.32. The largest absolute Gasteiger partial charge is 0.463 e. The maximum Gasteiger partial charge on any atom is 0.415 e. The lowest BCUT2D eigenvalue weighted by Gasteiger charge is -2.33. The number of hydrogen-bond acceptors (Lipinski definition) is 4. The Bertz CT molecular complexity index is 670. The van der Waals surface area contributed by atoms with Crippen molar-refractivity contribution in [3.05, 3.63) is 35.9 Å². The first-order valence-corrected chi connectivity index (χ1v) is 8.80. The van der Waals surface area contributed by atoms with Crippen LogP contribution in [0.25, 0.3) is 6.08 Å². The van der Waals surface area contributed by atoms with Gasteiger partial charge in [0.05, 0.1) is 24.3 Å². The Hall–Kier alpha value is -1.43. The lowest BCUT2D eigenvalue weighted by Crippen LogP contribution is -2.43. The van der Waals surface area contributed by atoms with Crippen LogP contribution < -0.4 is 4.90 Å². The highest BCUT2D eigenvalue weighted by molar-refractivity contribution is 6.67. The van der Waals surface area contributed by atoms with Gasteiger partial charge >= 0.3 is 12.1 Å². The molecule has 2 rings (SSSR count). The fraction of sp³-hybridized carbons (Fsp3) is 0.412. The zero-order valence-corrected chi connectivity index (χ0v) is 16.0. The number of carbonyl (C=O) groups excluding carboxylic acids is 2. The van der Waals surface area contributed by atoms with Crippen LogP contribution in [-0.4, -0.2) is 34.6 Å². The first-order chi connectivity index (χ1) is 11.7. The summed E-state index contributed by atoms with van der Waals surface area (Å²) in [5, 5.41) is 0. The van der Waals surface area contributed by atoms with Crippen molar-refractivity contribution in [2.45, 2.75) is 36.2 Å². The molecule has 1 aromatic carbocycles.